The highest BCUT2D eigenvalue weighted by Crippen LogP contribution is 2.37. The summed E-state index contributed by atoms with van der Waals surface area (Å²) >= 11 is 3.38. The predicted octanol–water partition coefficient (Wildman–Crippen LogP) is 9.32. The highest BCUT2D eigenvalue weighted by molar-refractivity contribution is 9.10. The quantitative estimate of drug-likeness (QED) is 0.0931. The van der Waals surface area contributed by atoms with Crippen LogP contribution in [0.2, 0.25) is 0 Å². The molecule has 0 fully saturated rings. The largest absolute Gasteiger partial charge is 0.496 e. The van der Waals surface area contributed by atoms with Gasteiger partial charge in [0.2, 0.25) is 0 Å². The van der Waals surface area contributed by atoms with E-state index in [0.29, 0.717) is 16.9 Å². The number of aromatic nitrogens is 5. The Kier molecular flexibility index (Phi) is 12.7. The monoisotopic (exact) mass is 902 g/mol. The molecule has 1 N–H and O–H groups in total. The lowest BCUT2D eigenvalue weighted by Crippen LogP contribution is -2.34. The number of benzene rings is 4. The van der Waals surface area contributed by atoms with Crippen LogP contribution in [-0.2, 0) is 0 Å². The Hall–Kier alpha value is -6.57. The lowest BCUT2D eigenvalue weighted by Gasteiger charge is -2.16. The maximum atomic E-state index is 12.6. The Morgan fingerprint density at radius 1 is 0.700 bits per heavy atom. The van der Waals surface area contributed by atoms with E-state index >= 15 is 0 Å². The van der Waals surface area contributed by atoms with Crippen molar-refractivity contribution >= 4 is 49.7 Å². The van der Waals surface area contributed by atoms with Crippen molar-refractivity contribution in [1.29, 1.82) is 0 Å². The van der Waals surface area contributed by atoms with E-state index in [0.717, 1.165) is 32.1 Å². The zero-order valence-electron chi connectivity index (χ0n) is 31.9. The minimum Gasteiger partial charge on any atom is -0.496 e. The second kappa shape index (κ2) is 17.7. The van der Waals surface area contributed by atoms with E-state index in [4.69, 9.17) is 23.5 Å². The Labute approximate surface area is 344 Å². The topological polar surface area (TPSA) is 145 Å². The van der Waals surface area contributed by atoms with Crippen LogP contribution in [0.4, 0.5) is 26.3 Å². The molecule has 0 spiro atoms. The van der Waals surface area contributed by atoms with Gasteiger partial charge in [0.25, 0.3) is 5.91 Å². The summed E-state index contributed by atoms with van der Waals surface area (Å²) in [5.41, 5.74) is 5.69. The van der Waals surface area contributed by atoms with Crippen LogP contribution >= 0.6 is 15.9 Å². The van der Waals surface area contributed by atoms with Crippen molar-refractivity contribution < 1.29 is 59.4 Å². The molecule has 3 aromatic heterocycles. The highest BCUT2D eigenvalue weighted by Gasteiger charge is 2.31. The summed E-state index contributed by atoms with van der Waals surface area (Å²) in [6.07, 6.45) is -4.56. The predicted molar refractivity (Wildman–Crippen MR) is 210 cm³/mol. The van der Waals surface area contributed by atoms with Crippen LogP contribution in [0.25, 0.3) is 44.6 Å². The fraction of sp³-hybridized carbons (Fsp3) is 0.225. The van der Waals surface area contributed by atoms with Crippen molar-refractivity contribution in [1.82, 2.24) is 29.6 Å². The van der Waals surface area contributed by atoms with Crippen LogP contribution in [0, 0.1) is 0 Å². The molecule has 0 saturated carbocycles. The van der Waals surface area contributed by atoms with Gasteiger partial charge in [-0.2, -0.15) is 26.3 Å². The molecule has 314 valence electrons. The first kappa shape index (κ1) is 43.0. The Morgan fingerprint density at radius 3 is 1.70 bits per heavy atom. The number of carbonyl (C=O) groups is 2. The number of fused-ring (bicyclic) bond motifs is 2. The van der Waals surface area contributed by atoms with Crippen LogP contribution in [-0.4, -0.2) is 83.3 Å². The average Bonchev–Trinajstić information content (AvgIpc) is 4.01. The number of hydrogen-bond acceptors (Lipinski definition) is 10. The van der Waals surface area contributed by atoms with Crippen molar-refractivity contribution in [3.05, 3.63) is 101 Å². The zero-order chi connectivity index (χ0) is 43.4. The fourth-order valence-electron chi connectivity index (χ4n) is 6.16. The minimum absolute atomic E-state index is 0.0258. The van der Waals surface area contributed by atoms with Gasteiger partial charge in [0.1, 0.15) is 59.6 Å². The summed E-state index contributed by atoms with van der Waals surface area (Å²) in [4.78, 5) is 33.6. The molecule has 7 rings (SSSR count). The standard InChI is InChI=1S/C22H18F3N3O4.C18H15BrF3N3O3/c1-30-19-8-15(9-20(31-2)21(19)18(29)5-6-22(23,24)25)28-12-26-16-7-13(3-4-17(16)28)14-10-27-32-11-14;1-27-14-6-11(25-9-24-12-5-10(19)3-4-13(12)25)7-15(28-2)16(14)17(26)23-8-18(20,21)22/h3-4,7-12H,5-6H2,1-2H3;3-7,9H,8H2,1-2H3,(H,23,26). The molecule has 60 heavy (non-hydrogen) atoms. The normalized spacial score (nSPS) is 11.6. The van der Waals surface area contributed by atoms with Crippen LogP contribution < -0.4 is 24.3 Å². The lowest BCUT2D eigenvalue weighted by atomic mass is 10.0. The minimum atomic E-state index is -4.53. The van der Waals surface area contributed by atoms with E-state index in [-0.39, 0.29) is 34.1 Å². The van der Waals surface area contributed by atoms with E-state index in [2.05, 4.69) is 31.1 Å². The lowest BCUT2D eigenvalue weighted by molar-refractivity contribution is -0.133. The number of ether oxygens (including phenoxy) is 4. The van der Waals surface area contributed by atoms with Gasteiger partial charge in [-0.15, -0.1) is 0 Å². The van der Waals surface area contributed by atoms with Gasteiger partial charge in [-0.25, -0.2) is 9.97 Å². The molecule has 0 unspecified atom stereocenters. The first-order valence-electron chi connectivity index (χ1n) is 17.5. The van der Waals surface area contributed by atoms with E-state index in [9.17, 15) is 35.9 Å². The van der Waals surface area contributed by atoms with E-state index in [1.54, 1.807) is 40.1 Å². The number of imidazole rings is 2. The first-order valence-corrected chi connectivity index (χ1v) is 18.3. The van der Waals surface area contributed by atoms with Crippen molar-refractivity contribution in [3.8, 4) is 45.5 Å². The molecule has 13 nitrogen and oxygen atoms in total. The van der Waals surface area contributed by atoms with Gasteiger partial charge in [-0.05, 0) is 35.9 Å². The fourth-order valence-corrected chi connectivity index (χ4v) is 6.51. The molecule has 20 heteroatoms. The molecule has 1 amide bonds. The number of rotatable bonds is 12. The van der Waals surface area contributed by atoms with E-state index < -0.39 is 43.4 Å². The van der Waals surface area contributed by atoms with Gasteiger partial charge in [0, 0.05) is 40.7 Å². The third kappa shape index (κ3) is 9.65. The molecule has 0 radical (unpaired) electrons. The molecule has 3 heterocycles. The van der Waals surface area contributed by atoms with Gasteiger partial charge < -0.3 is 28.8 Å². The van der Waals surface area contributed by atoms with E-state index in [1.807, 2.05) is 41.7 Å². The highest BCUT2D eigenvalue weighted by atomic mass is 79.9. The molecular weight excluding hydrogens is 870 g/mol. The number of methoxy groups -OCH3 is 4. The maximum Gasteiger partial charge on any atom is 0.405 e. The van der Waals surface area contributed by atoms with Gasteiger partial charge in [-0.1, -0.05) is 27.2 Å². The van der Waals surface area contributed by atoms with Crippen LogP contribution in [0.15, 0.2) is 94.8 Å². The summed E-state index contributed by atoms with van der Waals surface area (Å²) in [5, 5.41) is 5.53. The van der Waals surface area contributed by atoms with Gasteiger partial charge in [0.05, 0.1) is 74.5 Å². The summed E-state index contributed by atoms with van der Waals surface area (Å²) in [5.74, 6) is -1.27. The zero-order valence-corrected chi connectivity index (χ0v) is 33.5. The second-order valence-corrected chi connectivity index (χ2v) is 13.7. The summed E-state index contributed by atoms with van der Waals surface area (Å²) < 4.78 is 105. The van der Waals surface area contributed by atoms with Crippen molar-refractivity contribution in [2.75, 3.05) is 35.0 Å². The summed E-state index contributed by atoms with van der Waals surface area (Å²) in [6.45, 7) is -1.46. The number of hydrogen-bond donors (Lipinski definition) is 1. The molecule has 0 aliphatic carbocycles. The number of amides is 1. The number of Topliss-reactive ketones (excluding diaryl/α,β-unsaturated/α-hetero) is 1. The first-order chi connectivity index (χ1) is 28.5. The average molecular weight is 904 g/mol. The molecule has 0 saturated heterocycles. The molecule has 0 atom stereocenters. The second-order valence-electron chi connectivity index (χ2n) is 12.8. The molecule has 0 aliphatic rings. The van der Waals surface area contributed by atoms with Gasteiger partial charge >= 0.3 is 12.4 Å². The molecular formula is C40H33BrF6N6O7. The summed E-state index contributed by atoms with van der Waals surface area (Å²) in [6, 6.07) is 17.4. The van der Waals surface area contributed by atoms with Crippen LogP contribution in [0.5, 0.6) is 23.0 Å². The SMILES string of the molecule is COc1cc(-n2cnc3cc(-c4cnoc4)ccc32)cc(OC)c1C(=O)CCC(F)(F)F.COc1cc(-n2cnc3cc(Br)ccc32)cc(OC)c1C(=O)NCC(F)(F)F. The Morgan fingerprint density at radius 2 is 1.22 bits per heavy atom. The van der Waals surface area contributed by atoms with Crippen LogP contribution in [0.1, 0.15) is 33.6 Å². The van der Waals surface area contributed by atoms with Crippen molar-refractivity contribution in [2.24, 2.45) is 0 Å². The van der Waals surface area contributed by atoms with Crippen LogP contribution in [0.3, 0.4) is 0 Å². The molecule has 7 aromatic rings. The van der Waals surface area contributed by atoms with Gasteiger partial charge in [0.15, 0.2) is 5.78 Å². The number of nitrogens with zero attached hydrogens (tertiary/aromatic N) is 5. The smallest absolute Gasteiger partial charge is 0.405 e. The summed E-state index contributed by atoms with van der Waals surface area (Å²) in [7, 11) is 5.33. The number of nitrogens with one attached hydrogen (secondary N) is 1. The number of carbonyl (C=O) groups excluding carboxylic acids is 2. The molecule has 0 bridgehead atoms. The molecule has 0 aliphatic heterocycles. The Bertz CT molecular complexity index is 2610. The number of halogens is 7. The molecule has 4 aromatic carbocycles. The van der Waals surface area contributed by atoms with Crippen molar-refractivity contribution in [3.63, 3.8) is 0 Å². The number of alkyl halides is 6. The third-order valence-electron chi connectivity index (χ3n) is 8.95. The van der Waals surface area contributed by atoms with Gasteiger partial charge in [-0.3, -0.25) is 18.7 Å². The van der Waals surface area contributed by atoms with E-state index in [1.165, 1.54) is 46.8 Å². The third-order valence-corrected chi connectivity index (χ3v) is 9.44. The van der Waals surface area contributed by atoms with Crippen molar-refractivity contribution in [2.45, 2.75) is 25.2 Å². The number of ketones is 1. The maximum absolute atomic E-state index is 12.6. The Balaban J connectivity index is 0.000000203.